The minimum absolute atomic E-state index is 0.0398. The van der Waals surface area contributed by atoms with Crippen LogP contribution in [0.15, 0.2) is 60.8 Å². The third-order valence-corrected chi connectivity index (χ3v) is 6.21. The van der Waals surface area contributed by atoms with E-state index in [2.05, 4.69) is 0 Å². The van der Waals surface area contributed by atoms with Crippen LogP contribution < -0.4 is 4.73 Å². The molecule has 36 heavy (non-hydrogen) atoms. The van der Waals surface area contributed by atoms with Gasteiger partial charge in [-0.15, -0.1) is 0 Å². The molecule has 1 aromatic heterocycles. The van der Waals surface area contributed by atoms with E-state index < -0.39 is 53.5 Å². The summed E-state index contributed by atoms with van der Waals surface area (Å²) in [5.41, 5.74) is -2.18. The summed E-state index contributed by atoms with van der Waals surface area (Å²) < 4.78 is 100. The molecule has 4 rings (SSSR count). The summed E-state index contributed by atoms with van der Waals surface area (Å²) in [4.78, 5) is 0. The molecular formula is C25H21F7NO3+. The van der Waals surface area contributed by atoms with E-state index in [-0.39, 0.29) is 23.7 Å². The Hall–Kier alpha value is -3.18. The molecule has 0 spiro atoms. The Morgan fingerprint density at radius 1 is 0.944 bits per heavy atom. The first-order valence-electron chi connectivity index (χ1n) is 10.9. The third kappa shape index (κ3) is 5.17. The lowest BCUT2D eigenvalue weighted by atomic mass is 9.77. The van der Waals surface area contributed by atoms with Crippen molar-refractivity contribution in [1.29, 1.82) is 0 Å². The maximum Gasteiger partial charge on any atom is 0.416 e. The van der Waals surface area contributed by atoms with Crippen molar-refractivity contribution in [3.05, 3.63) is 100 Å². The molecule has 11 heteroatoms. The summed E-state index contributed by atoms with van der Waals surface area (Å²) >= 11 is 0. The number of aliphatic hydroxyl groups excluding tert-OH is 1. The number of aliphatic hydroxyl groups is 1. The van der Waals surface area contributed by atoms with E-state index in [1.807, 2.05) is 0 Å². The van der Waals surface area contributed by atoms with Crippen LogP contribution in [0.2, 0.25) is 0 Å². The number of benzene rings is 2. The zero-order valence-corrected chi connectivity index (χ0v) is 18.7. The molecule has 0 unspecified atom stereocenters. The minimum Gasteiger partial charge on any atom is -0.382 e. The van der Waals surface area contributed by atoms with Gasteiger partial charge in [0, 0.05) is 28.7 Å². The lowest BCUT2D eigenvalue weighted by Crippen LogP contribution is -2.43. The maximum atomic E-state index is 13.6. The molecule has 4 nitrogen and oxygen atoms in total. The molecule has 2 N–H and O–H groups in total. The van der Waals surface area contributed by atoms with E-state index in [4.69, 9.17) is 4.74 Å². The second kappa shape index (κ2) is 9.36. The number of aromatic nitrogens is 1. The first kappa shape index (κ1) is 25.9. The van der Waals surface area contributed by atoms with Gasteiger partial charge in [0.2, 0.25) is 6.20 Å². The zero-order valence-electron chi connectivity index (χ0n) is 18.7. The standard InChI is InChI=1S/C25H21F7NO3/c1-13(15-9-16(24(27,28)29)11-17(10-15)25(30,31)32)36-21-12-20(34)23-19(3-2-8-33(23)35)22(21)14-4-6-18(26)7-5-14/h2-11,13,20-22,34-35H,12H2,1H3/q+1/t13-,20-,21+,22+/m1/s1. The summed E-state index contributed by atoms with van der Waals surface area (Å²) in [5, 5.41) is 20.9. The quantitative estimate of drug-likeness (QED) is 0.250. The van der Waals surface area contributed by atoms with Gasteiger partial charge in [0.1, 0.15) is 11.9 Å². The van der Waals surface area contributed by atoms with Crippen LogP contribution in [-0.4, -0.2) is 16.4 Å². The van der Waals surface area contributed by atoms with Gasteiger partial charge in [0.15, 0.2) is 0 Å². The predicted octanol–water partition coefficient (Wildman–Crippen LogP) is 6.10. The summed E-state index contributed by atoms with van der Waals surface area (Å²) in [6, 6.07) is 9.65. The molecule has 0 aliphatic heterocycles. The summed E-state index contributed by atoms with van der Waals surface area (Å²) in [7, 11) is 0. The summed E-state index contributed by atoms with van der Waals surface area (Å²) in [5.74, 6) is -1.23. The molecule has 3 aromatic rings. The number of rotatable bonds is 4. The molecule has 1 heterocycles. The largest absolute Gasteiger partial charge is 0.416 e. The smallest absolute Gasteiger partial charge is 0.382 e. The van der Waals surface area contributed by atoms with E-state index in [0.717, 1.165) is 4.73 Å². The molecule has 1 aliphatic rings. The highest BCUT2D eigenvalue weighted by molar-refractivity contribution is 5.39. The first-order chi connectivity index (χ1) is 16.8. The highest BCUT2D eigenvalue weighted by Crippen LogP contribution is 2.44. The Labute approximate surface area is 201 Å². The third-order valence-electron chi connectivity index (χ3n) is 6.21. The van der Waals surface area contributed by atoms with Crippen LogP contribution in [0.4, 0.5) is 30.7 Å². The van der Waals surface area contributed by atoms with Gasteiger partial charge in [-0.3, -0.25) is 5.21 Å². The zero-order chi connectivity index (χ0) is 26.4. The Morgan fingerprint density at radius 3 is 2.08 bits per heavy atom. The number of hydrogen-bond acceptors (Lipinski definition) is 3. The van der Waals surface area contributed by atoms with Crippen LogP contribution in [0.3, 0.4) is 0 Å². The lowest BCUT2D eigenvalue weighted by molar-refractivity contribution is -0.912. The van der Waals surface area contributed by atoms with Crippen molar-refractivity contribution >= 4 is 0 Å². The van der Waals surface area contributed by atoms with Gasteiger partial charge < -0.3 is 9.84 Å². The molecule has 0 saturated carbocycles. The van der Waals surface area contributed by atoms with Crippen molar-refractivity contribution in [3.63, 3.8) is 0 Å². The summed E-state index contributed by atoms with van der Waals surface area (Å²) in [6.45, 7) is 1.32. The highest BCUT2D eigenvalue weighted by atomic mass is 19.4. The number of fused-ring (bicyclic) bond motifs is 1. The minimum atomic E-state index is -5.01. The van der Waals surface area contributed by atoms with Crippen molar-refractivity contribution in [2.75, 3.05) is 0 Å². The van der Waals surface area contributed by atoms with Gasteiger partial charge in [-0.1, -0.05) is 12.1 Å². The average Bonchev–Trinajstić information content (AvgIpc) is 2.78. The molecule has 2 aromatic carbocycles. The van der Waals surface area contributed by atoms with Crippen LogP contribution in [0.25, 0.3) is 0 Å². The van der Waals surface area contributed by atoms with E-state index >= 15 is 0 Å². The average molecular weight is 516 g/mol. The maximum absolute atomic E-state index is 13.6. The number of alkyl halides is 6. The van der Waals surface area contributed by atoms with Crippen LogP contribution >= 0.6 is 0 Å². The Bertz CT molecular complexity index is 1210. The van der Waals surface area contributed by atoms with Gasteiger partial charge in [-0.05, 0) is 54.4 Å². The topological polar surface area (TPSA) is 53.6 Å². The van der Waals surface area contributed by atoms with Gasteiger partial charge in [0.25, 0.3) is 5.69 Å². The van der Waals surface area contributed by atoms with Gasteiger partial charge in [-0.25, -0.2) is 4.39 Å². The molecule has 0 radical (unpaired) electrons. The fraction of sp³-hybridized carbons (Fsp3) is 0.320. The molecular weight excluding hydrogens is 495 g/mol. The van der Waals surface area contributed by atoms with Crippen LogP contribution in [0, 0.1) is 5.82 Å². The lowest BCUT2D eigenvalue weighted by Gasteiger charge is -2.35. The monoisotopic (exact) mass is 516 g/mol. The number of halogens is 7. The molecule has 0 saturated heterocycles. The molecule has 192 valence electrons. The van der Waals surface area contributed by atoms with Gasteiger partial charge >= 0.3 is 12.4 Å². The van der Waals surface area contributed by atoms with Crippen LogP contribution in [0.5, 0.6) is 0 Å². The molecule has 1 aliphatic carbocycles. The fourth-order valence-electron chi connectivity index (χ4n) is 4.56. The van der Waals surface area contributed by atoms with E-state index in [1.54, 1.807) is 6.07 Å². The molecule has 0 bridgehead atoms. The van der Waals surface area contributed by atoms with Crippen molar-refractivity contribution in [1.82, 2.24) is 0 Å². The van der Waals surface area contributed by atoms with Crippen molar-refractivity contribution < 1.29 is 50.5 Å². The van der Waals surface area contributed by atoms with Crippen LogP contribution in [-0.2, 0) is 17.1 Å². The first-order valence-corrected chi connectivity index (χ1v) is 10.9. The SMILES string of the molecule is C[C@@H](O[C@H]1C[C@@H](O)c2c(ccc[n+]2O)[C@@H]1c1ccc(F)cc1)c1cc(C(F)(F)F)cc(C(F)(F)F)c1. The second-order valence-corrected chi connectivity index (χ2v) is 8.63. The number of pyridine rings is 1. The highest BCUT2D eigenvalue weighted by Gasteiger charge is 2.43. The number of nitrogens with zero attached hydrogens (tertiary/aromatic N) is 1. The van der Waals surface area contributed by atoms with Crippen LogP contribution in [0.1, 0.15) is 65.0 Å². The van der Waals surface area contributed by atoms with Gasteiger partial charge in [-0.2, -0.15) is 26.3 Å². The molecule has 4 atom stereocenters. The molecule has 0 amide bonds. The van der Waals surface area contributed by atoms with E-state index in [1.165, 1.54) is 43.5 Å². The van der Waals surface area contributed by atoms with E-state index in [9.17, 15) is 41.0 Å². The summed E-state index contributed by atoms with van der Waals surface area (Å²) in [6.07, 6.45) is -12.3. The van der Waals surface area contributed by atoms with Crippen molar-refractivity contribution in [2.24, 2.45) is 0 Å². The number of hydrogen-bond donors (Lipinski definition) is 2. The Kier molecular flexibility index (Phi) is 6.74. The Balaban J connectivity index is 1.76. The Morgan fingerprint density at radius 2 is 1.53 bits per heavy atom. The van der Waals surface area contributed by atoms with Gasteiger partial charge in [0.05, 0.1) is 23.3 Å². The second-order valence-electron chi connectivity index (χ2n) is 8.63. The normalized spacial score (nSPS) is 21.2. The molecule has 0 fully saturated rings. The fourth-order valence-corrected chi connectivity index (χ4v) is 4.56. The predicted molar refractivity (Wildman–Crippen MR) is 111 cm³/mol. The van der Waals surface area contributed by atoms with Crippen molar-refractivity contribution in [2.45, 2.75) is 49.9 Å². The van der Waals surface area contributed by atoms with Crippen molar-refractivity contribution in [3.8, 4) is 0 Å². The van der Waals surface area contributed by atoms with E-state index in [0.29, 0.717) is 23.3 Å². The number of ether oxygens (including phenoxy) is 1.